The Bertz CT molecular complexity index is 712. The van der Waals surface area contributed by atoms with Crippen LogP contribution < -0.4 is 5.43 Å². The van der Waals surface area contributed by atoms with Crippen molar-refractivity contribution in [3.05, 3.63) is 71.5 Å². The zero-order valence-electron chi connectivity index (χ0n) is 12.2. The van der Waals surface area contributed by atoms with E-state index in [-0.39, 0.29) is 18.4 Å². The third kappa shape index (κ3) is 5.03. The normalized spacial score (nSPS) is 11.1. The zero-order chi connectivity index (χ0) is 16.7. The van der Waals surface area contributed by atoms with Gasteiger partial charge in [0.05, 0.1) is 12.1 Å². The van der Waals surface area contributed by atoms with Gasteiger partial charge in [0.15, 0.2) is 0 Å². The lowest BCUT2D eigenvalue weighted by Gasteiger charge is -2.06. The summed E-state index contributed by atoms with van der Waals surface area (Å²) in [5.41, 5.74) is 3.83. The second-order valence-corrected chi connectivity index (χ2v) is 4.77. The van der Waals surface area contributed by atoms with E-state index in [4.69, 9.17) is 5.11 Å². The monoisotopic (exact) mass is 314 g/mol. The number of aliphatic carboxylic acids is 1. The number of hydrazone groups is 1. The van der Waals surface area contributed by atoms with E-state index >= 15 is 0 Å². The minimum absolute atomic E-state index is 0.0971. The number of nitrogens with one attached hydrogen (secondary N) is 1. The summed E-state index contributed by atoms with van der Waals surface area (Å²) in [7, 11) is 0. The first-order valence-corrected chi connectivity index (χ1v) is 6.96. The molecule has 23 heavy (non-hydrogen) atoms. The van der Waals surface area contributed by atoms with Gasteiger partial charge in [-0.1, -0.05) is 30.3 Å². The number of carboxylic acid groups (broad SMARTS) is 1. The van der Waals surface area contributed by atoms with Gasteiger partial charge >= 0.3 is 5.97 Å². The van der Waals surface area contributed by atoms with E-state index in [0.29, 0.717) is 5.71 Å². The van der Waals surface area contributed by atoms with Gasteiger partial charge in [-0.3, -0.25) is 9.59 Å². The van der Waals surface area contributed by atoms with Gasteiger partial charge in [0.2, 0.25) is 0 Å². The van der Waals surface area contributed by atoms with Crippen LogP contribution in [0.15, 0.2) is 59.7 Å². The second-order valence-electron chi connectivity index (χ2n) is 4.77. The molecule has 6 heteroatoms. The van der Waals surface area contributed by atoms with Crippen molar-refractivity contribution in [2.75, 3.05) is 0 Å². The number of carbonyl (C=O) groups is 2. The molecule has 0 saturated heterocycles. The van der Waals surface area contributed by atoms with Crippen molar-refractivity contribution in [1.29, 1.82) is 0 Å². The van der Waals surface area contributed by atoms with Crippen LogP contribution in [0.4, 0.5) is 4.39 Å². The number of amides is 1. The minimum atomic E-state index is -0.946. The lowest BCUT2D eigenvalue weighted by Crippen LogP contribution is -2.20. The summed E-state index contributed by atoms with van der Waals surface area (Å²) < 4.78 is 12.8. The maximum atomic E-state index is 12.8. The molecule has 0 fully saturated rings. The molecule has 0 aliphatic rings. The highest BCUT2D eigenvalue weighted by Gasteiger charge is 2.09. The van der Waals surface area contributed by atoms with Crippen molar-refractivity contribution in [1.82, 2.24) is 5.43 Å². The molecule has 0 radical (unpaired) electrons. The first-order valence-electron chi connectivity index (χ1n) is 6.96. The molecule has 118 valence electrons. The van der Waals surface area contributed by atoms with Crippen LogP contribution in [-0.2, 0) is 4.79 Å². The summed E-state index contributed by atoms with van der Waals surface area (Å²) in [5.74, 6) is -1.87. The maximum Gasteiger partial charge on any atom is 0.303 e. The Kier molecular flexibility index (Phi) is 5.57. The topological polar surface area (TPSA) is 78.8 Å². The van der Waals surface area contributed by atoms with Gasteiger partial charge in [0.1, 0.15) is 5.82 Å². The fourth-order valence-corrected chi connectivity index (χ4v) is 1.90. The van der Waals surface area contributed by atoms with Crippen LogP contribution in [0.1, 0.15) is 28.8 Å². The molecule has 0 saturated carbocycles. The molecular formula is C17H15FN2O3. The molecular weight excluding hydrogens is 299 g/mol. The molecule has 1 amide bonds. The van der Waals surface area contributed by atoms with Crippen molar-refractivity contribution in [2.45, 2.75) is 12.8 Å². The standard InChI is InChI=1S/C17H15FN2O3/c18-14-8-6-13(7-9-14)17(23)20-19-15(10-11-16(21)22)12-4-2-1-3-5-12/h1-9H,10-11H2,(H,20,23)(H,21,22). The minimum Gasteiger partial charge on any atom is -0.481 e. The summed E-state index contributed by atoms with van der Waals surface area (Å²) in [6.45, 7) is 0. The molecule has 2 rings (SSSR count). The van der Waals surface area contributed by atoms with Crippen molar-refractivity contribution in [2.24, 2.45) is 5.10 Å². The van der Waals surface area contributed by atoms with Crippen LogP contribution in [0, 0.1) is 5.82 Å². The molecule has 0 bridgehead atoms. The third-order valence-electron chi connectivity index (χ3n) is 3.08. The van der Waals surface area contributed by atoms with E-state index in [1.54, 1.807) is 24.3 Å². The number of nitrogens with zero attached hydrogens (tertiary/aromatic N) is 1. The van der Waals surface area contributed by atoms with Crippen molar-refractivity contribution >= 4 is 17.6 Å². The summed E-state index contributed by atoms with van der Waals surface area (Å²) in [6.07, 6.45) is 0.0865. The van der Waals surface area contributed by atoms with Crippen molar-refractivity contribution in [3.63, 3.8) is 0 Å². The van der Waals surface area contributed by atoms with Crippen molar-refractivity contribution in [3.8, 4) is 0 Å². The van der Waals surface area contributed by atoms with E-state index in [1.165, 1.54) is 24.3 Å². The van der Waals surface area contributed by atoms with Crippen LogP contribution in [0.3, 0.4) is 0 Å². The highest BCUT2D eigenvalue weighted by atomic mass is 19.1. The Morgan fingerprint density at radius 1 is 0.957 bits per heavy atom. The van der Waals surface area contributed by atoms with Gasteiger partial charge < -0.3 is 5.11 Å². The third-order valence-corrected chi connectivity index (χ3v) is 3.08. The number of carboxylic acids is 1. The fraction of sp³-hybridized carbons (Fsp3) is 0.118. The zero-order valence-corrected chi connectivity index (χ0v) is 12.2. The largest absolute Gasteiger partial charge is 0.481 e. The average Bonchev–Trinajstić information content (AvgIpc) is 2.56. The molecule has 2 aromatic carbocycles. The highest BCUT2D eigenvalue weighted by molar-refractivity contribution is 6.03. The smallest absolute Gasteiger partial charge is 0.303 e. The fourth-order valence-electron chi connectivity index (χ4n) is 1.90. The van der Waals surface area contributed by atoms with Gasteiger partial charge in [-0.2, -0.15) is 5.10 Å². The van der Waals surface area contributed by atoms with Crippen LogP contribution in [0.5, 0.6) is 0 Å². The predicted molar refractivity (Wildman–Crippen MR) is 83.7 cm³/mol. The molecule has 0 aliphatic carbocycles. The van der Waals surface area contributed by atoms with Crippen LogP contribution in [0.25, 0.3) is 0 Å². The van der Waals surface area contributed by atoms with Gasteiger partial charge in [0.25, 0.3) is 5.91 Å². The van der Waals surface area contributed by atoms with Gasteiger partial charge in [-0.05, 0) is 29.8 Å². The number of benzene rings is 2. The Labute approximate surface area is 132 Å². The second kappa shape index (κ2) is 7.84. The molecule has 0 atom stereocenters. The molecule has 0 heterocycles. The molecule has 2 aromatic rings. The Morgan fingerprint density at radius 3 is 2.22 bits per heavy atom. The Hall–Kier alpha value is -3.02. The van der Waals surface area contributed by atoms with Crippen LogP contribution >= 0.6 is 0 Å². The first-order chi connectivity index (χ1) is 11.1. The molecule has 5 nitrogen and oxygen atoms in total. The summed E-state index contributed by atoms with van der Waals surface area (Å²) in [6, 6.07) is 14.0. The molecule has 0 aliphatic heterocycles. The predicted octanol–water partition coefficient (Wildman–Crippen LogP) is 2.82. The molecule has 0 unspecified atom stereocenters. The molecule has 2 N–H and O–H groups in total. The first kappa shape index (κ1) is 16.4. The van der Waals surface area contributed by atoms with E-state index in [9.17, 15) is 14.0 Å². The van der Waals surface area contributed by atoms with Gasteiger partial charge in [-0.15, -0.1) is 0 Å². The number of carbonyl (C=O) groups excluding carboxylic acids is 1. The quantitative estimate of drug-likeness (QED) is 0.635. The SMILES string of the molecule is O=C(O)CCC(=NNC(=O)c1ccc(F)cc1)c1ccccc1. The summed E-state index contributed by atoms with van der Waals surface area (Å²) >= 11 is 0. The van der Waals surface area contributed by atoms with Gasteiger partial charge in [0, 0.05) is 12.0 Å². The highest BCUT2D eigenvalue weighted by Crippen LogP contribution is 2.07. The van der Waals surface area contributed by atoms with Crippen LogP contribution in [0.2, 0.25) is 0 Å². The maximum absolute atomic E-state index is 12.8. The van der Waals surface area contributed by atoms with E-state index in [0.717, 1.165) is 5.56 Å². The lowest BCUT2D eigenvalue weighted by atomic mass is 10.1. The number of hydrogen-bond acceptors (Lipinski definition) is 3. The number of halogens is 1. The van der Waals surface area contributed by atoms with E-state index in [2.05, 4.69) is 10.5 Å². The van der Waals surface area contributed by atoms with Crippen molar-refractivity contribution < 1.29 is 19.1 Å². The molecule has 0 spiro atoms. The lowest BCUT2D eigenvalue weighted by molar-refractivity contribution is -0.136. The van der Waals surface area contributed by atoms with Gasteiger partial charge in [-0.25, -0.2) is 9.82 Å². The van der Waals surface area contributed by atoms with E-state index < -0.39 is 17.7 Å². The van der Waals surface area contributed by atoms with E-state index in [1.807, 2.05) is 6.07 Å². The Balaban J connectivity index is 2.14. The molecule has 0 aromatic heterocycles. The number of hydrogen-bond donors (Lipinski definition) is 2. The Morgan fingerprint density at radius 2 is 1.61 bits per heavy atom. The summed E-state index contributed by atoms with van der Waals surface area (Å²) in [4.78, 5) is 22.7. The van der Waals surface area contributed by atoms with Crippen LogP contribution in [-0.4, -0.2) is 22.7 Å². The number of rotatable bonds is 6. The summed E-state index contributed by atoms with van der Waals surface area (Å²) in [5, 5.41) is 12.8. The average molecular weight is 314 g/mol.